The second-order valence-electron chi connectivity index (χ2n) is 24.4. The van der Waals surface area contributed by atoms with Crippen molar-refractivity contribution in [3.8, 4) is 11.1 Å². The minimum absolute atomic E-state index is 0.0119. The van der Waals surface area contributed by atoms with Crippen molar-refractivity contribution in [3.63, 3.8) is 0 Å². The van der Waals surface area contributed by atoms with Crippen LogP contribution in [0.1, 0.15) is 153 Å². The Morgan fingerprint density at radius 2 is 1.07 bits per heavy atom. The summed E-state index contributed by atoms with van der Waals surface area (Å²) in [7, 11) is 0. The number of fused-ring (bicyclic) bond motifs is 5. The number of furan rings is 1. The Hall–Kier alpha value is -6.06. The molecule has 0 aliphatic heterocycles. The third-order valence-electron chi connectivity index (χ3n) is 16.6. The summed E-state index contributed by atoms with van der Waals surface area (Å²) in [6.07, 6.45) is 5.63. The van der Waals surface area contributed by atoms with Gasteiger partial charge in [-0.15, -0.1) is 0 Å². The van der Waals surface area contributed by atoms with Crippen LogP contribution in [0.4, 0.5) is 34.1 Å². The minimum Gasteiger partial charge on any atom is -0.456 e. The van der Waals surface area contributed by atoms with Crippen LogP contribution in [0, 0.1) is 13.8 Å². The number of anilines is 6. The summed E-state index contributed by atoms with van der Waals surface area (Å²) in [5.74, 6) is 0. The lowest BCUT2D eigenvalue weighted by atomic mass is 9.63. The largest absolute Gasteiger partial charge is 0.456 e. The monoisotopic (exact) mass is 911 g/mol. The van der Waals surface area contributed by atoms with Gasteiger partial charge in [0, 0.05) is 33.8 Å². The number of hydrogen-bond donors (Lipinski definition) is 0. The Balaban J connectivity index is 1.31. The zero-order valence-electron chi connectivity index (χ0n) is 44.0. The van der Waals surface area contributed by atoms with Gasteiger partial charge in [0.1, 0.15) is 11.2 Å². The van der Waals surface area contributed by atoms with Crippen LogP contribution < -0.4 is 9.80 Å². The molecule has 0 atom stereocenters. The Kier molecular flexibility index (Phi) is 11.2. The van der Waals surface area contributed by atoms with Gasteiger partial charge in [0.05, 0.1) is 11.1 Å². The molecule has 1 aromatic heterocycles. The van der Waals surface area contributed by atoms with Gasteiger partial charge in [-0.25, -0.2) is 0 Å². The number of hydrogen-bond acceptors (Lipinski definition) is 3. The Labute approximate surface area is 413 Å². The van der Waals surface area contributed by atoms with Gasteiger partial charge in [-0.2, -0.15) is 0 Å². The van der Waals surface area contributed by atoms with Gasteiger partial charge in [0.15, 0.2) is 0 Å². The molecule has 3 heteroatoms. The predicted octanol–water partition coefficient (Wildman–Crippen LogP) is 19.4. The summed E-state index contributed by atoms with van der Waals surface area (Å²) >= 11 is 0. The van der Waals surface area contributed by atoms with Crippen LogP contribution in [0.2, 0.25) is 0 Å². The normalized spacial score (nSPS) is 16.8. The molecule has 69 heavy (non-hydrogen) atoms. The van der Waals surface area contributed by atoms with Gasteiger partial charge < -0.3 is 14.2 Å². The van der Waals surface area contributed by atoms with Gasteiger partial charge in [-0.1, -0.05) is 150 Å². The first-order valence-electron chi connectivity index (χ1n) is 25.7. The molecule has 0 spiro atoms. The van der Waals surface area contributed by atoms with E-state index in [-0.39, 0.29) is 27.1 Å². The van der Waals surface area contributed by atoms with E-state index >= 15 is 0 Å². The SMILES string of the molecule is CCc1ccc(N(c2cc(-c3ccccc3C)cc(N(c3cc4c(cc3C)C(C)(C)CCC4(C)C)c3cccc4oc5cc(C(C)(C)C)ccc5c34)c2)c2ccc3c(c2)C(C)(C)CCC3(C)C)cc1. The lowest BCUT2D eigenvalue weighted by Gasteiger charge is -2.43. The average Bonchev–Trinajstić information content (AvgIpc) is 3.69. The molecule has 0 fully saturated rings. The van der Waals surface area contributed by atoms with Crippen molar-refractivity contribution in [1.29, 1.82) is 0 Å². The molecule has 0 unspecified atom stereocenters. The van der Waals surface area contributed by atoms with Gasteiger partial charge in [-0.3, -0.25) is 0 Å². The fraction of sp³-hybridized carbons (Fsp3) is 0.364. The van der Waals surface area contributed by atoms with E-state index in [1.54, 1.807) is 0 Å². The van der Waals surface area contributed by atoms with Crippen LogP contribution in [0.3, 0.4) is 0 Å². The Morgan fingerprint density at radius 1 is 0.478 bits per heavy atom. The van der Waals surface area contributed by atoms with Gasteiger partial charge in [0.2, 0.25) is 0 Å². The maximum Gasteiger partial charge on any atom is 0.137 e. The summed E-state index contributed by atoms with van der Waals surface area (Å²) in [4.78, 5) is 5.10. The van der Waals surface area contributed by atoms with Gasteiger partial charge in [-0.05, 0) is 195 Å². The van der Waals surface area contributed by atoms with Crippen LogP contribution >= 0.6 is 0 Å². The summed E-state index contributed by atoms with van der Waals surface area (Å²) in [6, 6.07) is 51.4. The molecule has 0 amide bonds. The summed E-state index contributed by atoms with van der Waals surface area (Å²) < 4.78 is 6.88. The zero-order chi connectivity index (χ0) is 49.0. The molecule has 0 saturated carbocycles. The highest BCUT2D eigenvalue weighted by atomic mass is 16.3. The summed E-state index contributed by atoms with van der Waals surface area (Å²) in [6.45, 7) is 33.1. The molecule has 3 nitrogen and oxygen atoms in total. The smallest absolute Gasteiger partial charge is 0.137 e. The molecule has 10 rings (SSSR count). The minimum atomic E-state index is -0.0119. The molecule has 2 aliphatic rings. The third kappa shape index (κ3) is 8.18. The highest BCUT2D eigenvalue weighted by Gasteiger charge is 2.40. The lowest BCUT2D eigenvalue weighted by molar-refractivity contribution is 0.332. The molecule has 0 saturated heterocycles. The van der Waals surface area contributed by atoms with Crippen molar-refractivity contribution >= 4 is 56.1 Å². The van der Waals surface area contributed by atoms with Crippen LogP contribution in [-0.4, -0.2) is 0 Å². The number of benzene rings is 7. The van der Waals surface area contributed by atoms with Gasteiger partial charge in [0.25, 0.3) is 0 Å². The first-order chi connectivity index (χ1) is 32.6. The van der Waals surface area contributed by atoms with E-state index in [1.807, 2.05) is 0 Å². The van der Waals surface area contributed by atoms with Crippen molar-refractivity contribution in [2.45, 2.75) is 156 Å². The van der Waals surface area contributed by atoms with E-state index in [9.17, 15) is 0 Å². The molecule has 0 bridgehead atoms. The quantitative estimate of drug-likeness (QED) is 0.151. The Bertz CT molecular complexity index is 3270. The van der Waals surface area contributed by atoms with E-state index in [0.29, 0.717) is 0 Å². The van der Waals surface area contributed by atoms with Crippen molar-refractivity contribution in [2.24, 2.45) is 0 Å². The van der Waals surface area contributed by atoms with Crippen molar-refractivity contribution < 1.29 is 4.42 Å². The van der Waals surface area contributed by atoms with Crippen LogP contribution in [0.5, 0.6) is 0 Å². The predicted molar refractivity (Wildman–Crippen MR) is 297 cm³/mol. The molecular formula is C66H74N2O. The lowest BCUT2D eigenvalue weighted by Crippen LogP contribution is -2.34. The number of aryl methyl sites for hydroxylation is 3. The van der Waals surface area contributed by atoms with E-state index in [1.165, 1.54) is 79.9 Å². The van der Waals surface area contributed by atoms with Crippen molar-refractivity contribution in [2.75, 3.05) is 9.80 Å². The molecule has 2 aliphatic carbocycles. The summed E-state index contributed by atoms with van der Waals surface area (Å²) in [5.41, 5.74) is 22.2. The van der Waals surface area contributed by atoms with E-state index in [4.69, 9.17) is 4.42 Å². The highest BCUT2D eigenvalue weighted by Crippen LogP contribution is 2.53. The molecule has 8 aromatic rings. The molecule has 7 aromatic carbocycles. The second kappa shape index (κ2) is 16.5. The molecule has 1 heterocycles. The number of nitrogens with zero attached hydrogens (tertiary/aromatic N) is 2. The zero-order valence-corrected chi connectivity index (χ0v) is 44.0. The maximum atomic E-state index is 6.88. The number of rotatable bonds is 8. The van der Waals surface area contributed by atoms with E-state index in [2.05, 4.69) is 240 Å². The van der Waals surface area contributed by atoms with Crippen LogP contribution in [-0.2, 0) is 33.5 Å². The van der Waals surface area contributed by atoms with Crippen LogP contribution in [0.25, 0.3) is 33.1 Å². The Morgan fingerprint density at radius 3 is 1.71 bits per heavy atom. The second-order valence-corrected chi connectivity index (χ2v) is 24.4. The first-order valence-corrected chi connectivity index (χ1v) is 25.7. The molecule has 0 N–H and O–H groups in total. The highest BCUT2D eigenvalue weighted by molar-refractivity contribution is 6.14. The topological polar surface area (TPSA) is 19.6 Å². The van der Waals surface area contributed by atoms with Crippen LogP contribution in [0.15, 0.2) is 138 Å². The van der Waals surface area contributed by atoms with E-state index < -0.39 is 0 Å². The fourth-order valence-electron chi connectivity index (χ4n) is 11.8. The molecule has 354 valence electrons. The first kappa shape index (κ1) is 46.7. The van der Waals surface area contributed by atoms with Crippen molar-refractivity contribution in [1.82, 2.24) is 0 Å². The van der Waals surface area contributed by atoms with Gasteiger partial charge >= 0.3 is 0 Å². The third-order valence-corrected chi connectivity index (χ3v) is 16.6. The van der Waals surface area contributed by atoms with E-state index in [0.717, 1.165) is 64.0 Å². The standard InChI is InChI=1S/C66H74N2O/c1-15-44-23-26-47(27-24-44)67(48-28-30-53-55(40-48)65(11,12)32-31-63(53,7)8)49-36-45(51-20-17-16-19-42(51)2)37-50(39-49)68(58-41-56-54(35-43(58)3)64(9,10)33-34-66(56,13)14)57-21-18-22-59-61(57)52-29-25-46(62(4,5)6)38-60(52)69-59/h16-30,35-41H,15,31-34H2,1-14H3. The molecular weight excluding hydrogens is 837 g/mol. The molecule has 0 radical (unpaired) electrons. The fourth-order valence-corrected chi connectivity index (χ4v) is 11.8. The maximum absolute atomic E-state index is 6.88. The average molecular weight is 911 g/mol. The summed E-state index contributed by atoms with van der Waals surface area (Å²) in [5, 5.41) is 2.25. The van der Waals surface area contributed by atoms with Crippen molar-refractivity contribution in [3.05, 3.63) is 178 Å².